The van der Waals surface area contributed by atoms with E-state index in [9.17, 15) is 4.39 Å². The standard InChI is InChI=1S/C17H27ClFN/c1-5-9-17(4,12-20-11-13(2)3)10-14-7-6-8-15(19)16(14)18/h6-8,13,20H,5,9-12H2,1-4H3. The minimum atomic E-state index is -0.321. The summed E-state index contributed by atoms with van der Waals surface area (Å²) in [6.45, 7) is 10.8. The highest BCUT2D eigenvalue weighted by molar-refractivity contribution is 6.31. The minimum absolute atomic E-state index is 0.112. The van der Waals surface area contributed by atoms with Crippen LogP contribution in [0, 0.1) is 17.2 Å². The second kappa shape index (κ2) is 7.99. The van der Waals surface area contributed by atoms with Gasteiger partial charge in [0.2, 0.25) is 0 Å². The Morgan fingerprint density at radius 1 is 1.35 bits per heavy atom. The maximum Gasteiger partial charge on any atom is 0.142 e. The molecular formula is C17H27ClFN. The molecule has 114 valence electrons. The SMILES string of the molecule is CCCC(C)(CNCC(C)C)Cc1cccc(F)c1Cl. The van der Waals surface area contributed by atoms with Gasteiger partial charge in [-0.1, -0.05) is 57.8 Å². The average molecular weight is 300 g/mol. The smallest absolute Gasteiger partial charge is 0.142 e. The van der Waals surface area contributed by atoms with Crippen molar-refractivity contribution in [1.82, 2.24) is 5.32 Å². The van der Waals surface area contributed by atoms with Crippen molar-refractivity contribution in [2.75, 3.05) is 13.1 Å². The zero-order chi connectivity index (χ0) is 15.2. The fourth-order valence-electron chi connectivity index (χ4n) is 2.65. The van der Waals surface area contributed by atoms with Crippen molar-refractivity contribution in [2.45, 2.75) is 47.0 Å². The summed E-state index contributed by atoms with van der Waals surface area (Å²) in [5, 5.41) is 3.80. The molecule has 0 radical (unpaired) electrons. The van der Waals surface area contributed by atoms with Crippen molar-refractivity contribution in [2.24, 2.45) is 11.3 Å². The van der Waals surface area contributed by atoms with Crippen LogP contribution in [0.4, 0.5) is 4.39 Å². The van der Waals surface area contributed by atoms with Gasteiger partial charge in [-0.3, -0.25) is 0 Å². The van der Waals surface area contributed by atoms with E-state index in [0.717, 1.165) is 37.9 Å². The summed E-state index contributed by atoms with van der Waals surface area (Å²) in [7, 11) is 0. The fraction of sp³-hybridized carbons (Fsp3) is 0.647. The van der Waals surface area contributed by atoms with Gasteiger partial charge < -0.3 is 5.32 Å². The third kappa shape index (κ3) is 5.41. The Hall–Kier alpha value is -0.600. The summed E-state index contributed by atoms with van der Waals surface area (Å²) in [6, 6.07) is 5.09. The monoisotopic (exact) mass is 299 g/mol. The highest BCUT2D eigenvalue weighted by Crippen LogP contribution is 2.31. The molecule has 0 aliphatic heterocycles. The first-order valence-electron chi connectivity index (χ1n) is 7.51. The van der Waals surface area contributed by atoms with Crippen molar-refractivity contribution in [3.63, 3.8) is 0 Å². The third-order valence-corrected chi connectivity index (χ3v) is 4.03. The van der Waals surface area contributed by atoms with Gasteiger partial charge in [0.05, 0.1) is 5.02 Å². The van der Waals surface area contributed by atoms with Crippen LogP contribution in [0.15, 0.2) is 18.2 Å². The van der Waals surface area contributed by atoms with E-state index in [4.69, 9.17) is 11.6 Å². The van der Waals surface area contributed by atoms with E-state index >= 15 is 0 Å². The lowest BCUT2D eigenvalue weighted by molar-refractivity contribution is 0.270. The van der Waals surface area contributed by atoms with Crippen LogP contribution in [0.25, 0.3) is 0 Å². The second-order valence-electron chi connectivity index (χ2n) is 6.48. The van der Waals surface area contributed by atoms with E-state index in [0.29, 0.717) is 5.92 Å². The Morgan fingerprint density at radius 2 is 2.05 bits per heavy atom. The number of halogens is 2. The van der Waals surface area contributed by atoms with Gasteiger partial charge in [0.1, 0.15) is 5.82 Å². The van der Waals surface area contributed by atoms with Gasteiger partial charge >= 0.3 is 0 Å². The molecule has 20 heavy (non-hydrogen) atoms. The zero-order valence-electron chi connectivity index (χ0n) is 13.1. The Kier molecular flexibility index (Phi) is 6.97. The maximum absolute atomic E-state index is 13.6. The van der Waals surface area contributed by atoms with Gasteiger partial charge in [-0.15, -0.1) is 0 Å². The van der Waals surface area contributed by atoms with Gasteiger partial charge in [-0.05, 0) is 42.3 Å². The first-order valence-corrected chi connectivity index (χ1v) is 7.89. The number of hydrogen-bond acceptors (Lipinski definition) is 1. The molecule has 0 amide bonds. The molecule has 1 N–H and O–H groups in total. The molecule has 0 aliphatic rings. The molecule has 0 aromatic heterocycles. The molecule has 3 heteroatoms. The number of nitrogens with one attached hydrogen (secondary N) is 1. The van der Waals surface area contributed by atoms with E-state index in [1.165, 1.54) is 6.07 Å². The van der Waals surface area contributed by atoms with Crippen LogP contribution in [0.1, 0.15) is 46.1 Å². The molecule has 1 aromatic rings. The highest BCUT2D eigenvalue weighted by atomic mass is 35.5. The lowest BCUT2D eigenvalue weighted by Crippen LogP contribution is -2.35. The van der Waals surface area contributed by atoms with Gasteiger partial charge in [-0.25, -0.2) is 4.39 Å². The van der Waals surface area contributed by atoms with Gasteiger partial charge in [-0.2, -0.15) is 0 Å². The molecule has 1 rings (SSSR count). The van der Waals surface area contributed by atoms with Crippen molar-refractivity contribution >= 4 is 11.6 Å². The third-order valence-electron chi connectivity index (χ3n) is 3.61. The molecule has 0 saturated heterocycles. The summed E-state index contributed by atoms with van der Waals surface area (Å²) in [5.41, 5.74) is 1.02. The Morgan fingerprint density at radius 3 is 2.65 bits per heavy atom. The molecular weight excluding hydrogens is 273 g/mol. The lowest BCUT2D eigenvalue weighted by atomic mass is 9.79. The Bertz CT molecular complexity index is 419. The molecule has 1 aromatic carbocycles. The normalized spacial score (nSPS) is 14.6. The zero-order valence-corrected chi connectivity index (χ0v) is 13.9. The van der Waals surface area contributed by atoms with Crippen LogP contribution in [0.2, 0.25) is 5.02 Å². The highest BCUT2D eigenvalue weighted by Gasteiger charge is 2.25. The fourth-order valence-corrected chi connectivity index (χ4v) is 2.84. The van der Waals surface area contributed by atoms with Crippen LogP contribution in [0.3, 0.4) is 0 Å². The molecule has 1 unspecified atom stereocenters. The van der Waals surface area contributed by atoms with Crippen LogP contribution in [0.5, 0.6) is 0 Å². The maximum atomic E-state index is 13.6. The van der Waals surface area contributed by atoms with Crippen LogP contribution < -0.4 is 5.32 Å². The van der Waals surface area contributed by atoms with Gasteiger partial charge in [0, 0.05) is 6.54 Å². The topological polar surface area (TPSA) is 12.0 Å². The first kappa shape index (κ1) is 17.5. The first-order chi connectivity index (χ1) is 9.38. The van der Waals surface area contributed by atoms with E-state index < -0.39 is 0 Å². The van der Waals surface area contributed by atoms with E-state index in [2.05, 4.69) is 33.0 Å². The second-order valence-corrected chi connectivity index (χ2v) is 6.85. The Balaban J connectivity index is 2.76. The molecule has 1 atom stereocenters. The number of hydrogen-bond donors (Lipinski definition) is 1. The molecule has 0 bridgehead atoms. The van der Waals surface area contributed by atoms with E-state index in [1.54, 1.807) is 6.07 Å². The minimum Gasteiger partial charge on any atom is -0.316 e. The quantitative estimate of drug-likeness (QED) is 0.706. The van der Waals surface area contributed by atoms with Gasteiger partial charge in [0.15, 0.2) is 0 Å². The molecule has 0 saturated carbocycles. The van der Waals surface area contributed by atoms with Gasteiger partial charge in [0.25, 0.3) is 0 Å². The molecule has 0 heterocycles. The predicted octanol–water partition coefficient (Wildman–Crippen LogP) is 5.07. The van der Waals surface area contributed by atoms with E-state index in [1.807, 2.05) is 6.07 Å². The largest absolute Gasteiger partial charge is 0.316 e. The van der Waals surface area contributed by atoms with Crippen molar-refractivity contribution in [3.05, 3.63) is 34.6 Å². The molecule has 0 fully saturated rings. The summed E-state index contributed by atoms with van der Waals surface area (Å²) in [5.74, 6) is 0.316. The van der Waals surface area contributed by atoms with Crippen molar-refractivity contribution < 1.29 is 4.39 Å². The van der Waals surface area contributed by atoms with Crippen LogP contribution >= 0.6 is 11.6 Å². The van der Waals surface area contributed by atoms with Crippen molar-refractivity contribution in [3.8, 4) is 0 Å². The summed E-state index contributed by atoms with van der Waals surface area (Å²) in [4.78, 5) is 0. The van der Waals surface area contributed by atoms with Crippen LogP contribution in [-0.2, 0) is 6.42 Å². The predicted molar refractivity (Wildman–Crippen MR) is 85.8 cm³/mol. The lowest BCUT2D eigenvalue weighted by Gasteiger charge is -2.31. The van der Waals surface area contributed by atoms with Crippen LogP contribution in [-0.4, -0.2) is 13.1 Å². The average Bonchev–Trinajstić information content (AvgIpc) is 2.35. The molecule has 0 spiro atoms. The number of rotatable bonds is 8. The summed E-state index contributed by atoms with van der Waals surface area (Å²) >= 11 is 6.09. The summed E-state index contributed by atoms with van der Waals surface area (Å²) in [6.07, 6.45) is 3.03. The molecule has 1 nitrogen and oxygen atoms in total. The number of benzene rings is 1. The summed E-state index contributed by atoms with van der Waals surface area (Å²) < 4.78 is 13.6. The Labute approximate surface area is 127 Å². The van der Waals surface area contributed by atoms with Crippen molar-refractivity contribution in [1.29, 1.82) is 0 Å². The molecule has 0 aliphatic carbocycles. The van der Waals surface area contributed by atoms with E-state index in [-0.39, 0.29) is 16.3 Å².